The largest absolute Gasteiger partial charge is 0.395 e. The first kappa shape index (κ1) is 31.4. The van der Waals surface area contributed by atoms with Gasteiger partial charge < -0.3 is 23.0 Å². The van der Waals surface area contributed by atoms with Gasteiger partial charge in [0.05, 0.1) is 0 Å². The van der Waals surface area contributed by atoms with E-state index in [1.165, 1.54) is 0 Å². The van der Waals surface area contributed by atoms with Crippen molar-refractivity contribution < 1.29 is 22.5 Å². The van der Waals surface area contributed by atoms with Crippen LogP contribution in [0.3, 0.4) is 0 Å². The van der Waals surface area contributed by atoms with E-state index in [1.807, 2.05) is 13.8 Å². The predicted octanol–water partition coefficient (Wildman–Crippen LogP) is 4.80. The van der Waals surface area contributed by atoms with Crippen molar-refractivity contribution in [2.45, 2.75) is 78.6 Å². The molecule has 1 amide bonds. The lowest BCUT2D eigenvalue weighted by Gasteiger charge is -2.39. The van der Waals surface area contributed by atoms with Crippen LogP contribution in [0, 0.1) is 5.41 Å². The summed E-state index contributed by atoms with van der Waals surface area (Å²) in [5, 5.41) is 3.00. The van der Waals surface area contributed by atoms with E-state index in [-0.39, 0.29) is 11.3 Å². The third kappa shape index (κ3) is 13.7. The minimum absolute atomic E-state index is 0.0451. The Labute approximate surface area is 204 Å². The lowest BCUT2D eigenvalue weighted by atomic mass is 9.87. The van der Waals surface area contributed by atoms with Gasteiger partial charge in [-0.05, 0) is 69.8 Å². The number of hydrogen-bond acceptors (Lipinski definition) is 7. The first-order chi connectivity index (χ1) is 14.6. The van der Waals surface area contributed by atoms with E-state index in [4.69, 9.17) is 17.7 Å². The Morgan fingerprint density at radius 2 is 1.32 bits per heavy atom. The van der Waals surface area contributed by atoms with Crippen LogP contribution in [0.4, 0.5) is 0 Å². The zero-order chi connectivity index (χ0) is 23.8. The Balaban J connectivity index is 5.41. The fourth-order valence-corrected chi connectivity index (χ4v) is 8.92. The van der Waals surface area contributed by atoms with Gasteiger partial charge in [0.25, 0.3) is 0 Å². The van der Waals surface area contributed by atoms with E-state index < -0.39 is 17.1 Å². The highest BCUT2D eigenvalue weighted by molar-refractivity contribution is 7.80. The monoisotopic (exact) mass is 513 g/mol. The normalized spacial score (nSPS) is 17.5. The molecule has 31 heavy (non-hydrogen) atoms. The Kier molecular flexibility index (Phi) is 17.2. The molecule has 0 aliphatic rings. The maximum absolute atomic E-state index is 11.7. The van der Waals surface area contributed by atoms with Crippen molar-refractivity contribution in [3.05, 3.63) is 0 Å². The van der Waals surface area contributed by atoms with Gasteiger partial charge in [0.2, 0.25) is 5.91 Å². The molecule has 3 unspecified atom stereocenters. The van der Waals surface area contributed by atoms with Crippen LogP contribution in [0.1, 0.15) is 53.4 Å². The van der Waals surface area contributed by atoms with Crippen LogP contribution in [0.25, 0.3) is 0 Å². The molecule has 0 aromatic heterocycles. The summed E-state index contributed by atoms with van der Waals surface area (Å²) in [6.07, 6.45) is 3.89. The van der Waals surface area contributed by atoms with E-state index in [9.17, 15) is 4.79 Å². The molecule has 1 N–H and O–H groups in total. The fraction of sp³-hybridized carbons (Fsp3) is 0.952. The zero-order valence-corrected chi connectivity index (χ0v) is 24.4. The maximum Gasteiger partial charge on any atom is 0.334 e. The van der Waals surface area contributed by atoms with E-state index >= 15 is 0 Å². The van der Waals surface area contributed by atoms with Crippen molar-refractivity contribution in [3.63, 3.8) is 0 Å². The third-order valence-electron chi connectivity index (χ3n) is 5.56. The van der Waals surface area contributed by atoms with Gasteiger partial charge in [0.15, 0.2) is 0 Å². The molecule has 0 radical (unpaired) electrons. The number of carbonyl (C=O) groups is 1. The van der Waals surface area contributed by atoms with Crippen molar-refractivity contribution in [2.75, 3.05) is 44.5 Å². The summed E-state index contributed by atoms with van der Waals surface area (Å²) in [4.78, 5) is 11.7. The second-order valence-electron chi connectivity index (χ2n) is 8.48. The van der Waals surface area contributed by atoms with Gasteiger partial charge in [0.1, 0.15) is 0 Å². The molecule has 0 saturated carbocycles. The molecule has 0 fully saturated rings. The van der Waals surface area contributed by atoms with Gasteiger partial charge in [-0.15, -0.1) is 0 Å². The Morgan fingerprint density at radius 1 is 0.839 bits per heavy atom. The Hall–Kier alpha value is 0.444. The summed E-state index contributed by atoms with van der Waals surface area (Å²) < 4.78 is 25.2. The molecule has 10 heteroatoms. The van der Waals surface area contributed by atoms with Crippen molar-refractivity contribution in [1.29, 1.82) is 0 Å². The smallest absolute Gasteiger partial charge is 0.334 e. The second-order valence-corrected chi connectivity index (χ2v) is 16.1. The van der Waals surface area contributed by atoms with Gasteiger partial charge in [-0.2, -0.15) is 25.3 Å². The molecule has 0 saturated heterocycles. The van der Waals surface area contributed by atoms with Gasteiger partial charge >= 0.3 is 17.1 Å². The van der Waals surface area contributed by atoms with Gasteiger partial charge in [-0.1, -0.05) is 13.3 Å². The number of hydrogen-bond donors (Lipinski definition) is 3. The minimum Gasteiger partial charge on any atom is -0.395 e. The quantitative estimate of drug-likeness (QED) is 0.124. The summed E-state index contributed by atoms with van der Waals surface area (Å²) >= 11 is 8.67. The SMILES string of the molecule is CCO[Si](C)(CCCS)OCC(CC)(CNC(C)=O)CO[Si](C)(CCCCS)OCC. The van der Waals surface area contributed by atoms with Crippen LogP contribution >= 0.6 is 25.3 Å². The first-order valence-corrected chi connectivity index (χ1v) is 18.0. The second kappa shape index (κ2) is 17.0. The standard InChI is InChI=1S/C21H47NO5S2Si2/c1-7-21(17-22-20(4)23,19-27-31(6,25-9-3)16-12-14-29)18-26-30(5,24-8-2)15-11-10-13-28/h28-29H,7-19H2,1-6H3,(H,22,23). The molecule has 0 bridgehead atoms. The van der Waals surface area contributed by atoms with Crippen LogP contribution in [-0.4, -0.2) is 67.5 Å². The van der Waals surface area contributed by atoms with Gasteiger partial charge in [0, 0.05) is 45.3 Å². The molecule has 0 spiro atoms. The van der Waals surface area contributed by atoms with E-state index in [1.54, 1.807) is 6.92 Å². The Morgan fingerprint density at radius 3 is 1.71 bits per heavy atom. The maximum atomic E-state index is 11.7. The van der Waals surface area contributed by atoms with Gasteiger partial charge in [-0.25, -0.2) is 0 Å². The van der Waals surface area contributed by atoms with Crippen LogP contribution in [0.15, 0.2) is 0 Å². The molecule has 0 aliphatic carbocycles. The zero-order valence-electron chi connectivity index (χ0n) is 20.6. The summed E-state index contributed by atoms with van der Waals surface area (Å²) in [7, 11) is -4.63. The first-order valence-electron chi connectivity index (χ1n) is 11.7. The summed E-state index contributed by atoms with van der Waals surface area (Å²) in [6.45, 7) is 14.7. The molecule has 0 aromatic carbocycles. The number of amides is 1. The average Bonchev–Trinajstić information content (AvgIpc) is 2.73. The van der Waals surface area contributed by atoms with Crippen LogP contribution in [-0.2, 0) is 22.5 Å². The van der Waals surface area contributed by atoms with Crippen LogP contribution in [0.2, 0.25) is 25.2 Å². The number of carbonyl (C=O) groups excluding carboxylic acids is 1. The van der Waals surface area contributed by atoms with E-state index in [2.05, 4.69) is 50.6 Å². The van der Waals surface area contributed by atoms with Crippen molar-refractivity contribution in [2.24, 2.45) is 5.41 Å². The lowest BCUT2D eigenvalue weighted by molar-refractivity contribution is -0.119. The topological polar surface area (TPSA) is 66.0 Å². The Bertz CT molecular complexity index is 495. The average molecular weight is 514 g/mol. The molecular weight excluding hydrogens is 467 g/mol. The number of nitrogens with one attached hydrogen (secondary N) is 1. The van der Waals surface area contributed by atoms with E-state index in [0.29, 0.717) is 33.0 Å². The molecule has 6 nitrogen and oxygen atoms in total. The molecule has 0 rings (SSSR count). The molecule has 0 heterocycles. The predicted molar refractivity (Wildman–Crippen MR) is 141 cm³/mol. The molecule has 186 valence electrons. The van der Waals surface area contributed by atoms with Gasteiger partial charge in [-0.3, -0.25) is 4.79 Å². The highest BCUT2D eigenvalue weighted by Gasteiger charge is 2.40. The molecule has 0 aromatic rings. The highest BCUT2D eigenvalue weighted by Crippen LogP contribution is 2.29. The fourth-order valence-electron chi connectivity index (χ4n) is 3.34. The minimum atomic E-state index is -2.31. The molecule has 0 aliphatic heterocycles. The van der Waals surface area contributed by atoms with Crippen molar-refractivity contribution >= 4 is 48.3 Å². The van der Waals surface area contributed by atoms with Crippen LogP contribution in [0.5, 0.6) is 0 Å². The molecular formula is C21H47NO5S2Si2. The van der Waals surface area contributed by atoms with Crippen molar-refractivity contribution in [1.82, 2.24) is 5.32 Å². The summed E-state index contributed by atoms with van der Waals surface area (Å²) in [5.74, 6) is 1.65. The number of unbranched alkanes of at least 4 members (excludes halogenated alkanes) is 1. The summed E-state index contributed by atoms with van der Waals surface area (Å²) in [5.41, 5.74) is -0.326. The highest BCUT2D eigenvalue weighted by atomic mass is 32.1. The number of thiol groups is 2. The van der Waals surface area contributed by atoms with Crippen LogP contribution < -0.4 is 5.32 Å². The van der Waals surface area contributed by atoms with E-state index in [0.717, 1.165) is 49.3 Å². The third-order valence-corrected chi connectivity index (χ3v) is 12.0. The molecule has 3 atom stereocenters. The van der Waals surface area contributed by atoms with Crippen molar-refractivity contribution in [3.8, 4) is 0 Å². The lowest BCUT2D eigenvalue weighted by Crippen LogP contribution is -2.50. The number of rotatable bonds is 20. The summed E-state index contributed by atoms with van der Waals surface area (Å²) in [6, 6.07) is 1.84.